The molecule has 1 aromatic rings. The number of hydrogen-bond donors (Lipinski definition) is 0. The van der Waals surface area contributed by atoms with Crippen LogP contribution in [0.3, 0.4) is 0 Å². The molecule has 4 heterocycles. The van der Waals surface area contributed by atoms with Gasteiger partial charge in [-0.25, -0.2) is 4.98 Å². The number of oxazole rings is 1. The van der Waals surface area contributed by atoms with E-state index in [2.05, 4.69) is 16.9 Å². The van der Waals surface area contributed by atoms with Crippen molar-refractivity contribution in [2.75, 3.05) is 20.1 Å². The Morgan fingerprint density at radius 1 is 1.11 bits per heavy atom. The van der Waals surface area contributed by atoms with Crippen molar-refractivity contribution >= 4 is 23.8 Å². The van der Waals surface area contributed by atoms with Crippen molar-refractivity contribution < 1.29 is 23.6 Å². The highest BCUT2D eigenvalue weighted by Gasteiger charge is 2.50. The molecule has 0 saturated carbocycles. The van der Waals surface area contributed by atoms with Crippen molar-refractivity contribution in [1.29, 1.82) is 0 Å². The van der Waals surface area contributed by atoms with Crippen LogP contribution in [-0.2, 0) is 19.2 Å². The Kier molecular flexibility index (Phi) is 7.94. The Balaban J connectivity index is 1.74. The summed E-state index contributed by atoms with van der Waals surface area (Å²) in [6.45, 7) is 9.80. The summed E-state index contributed by atoms with van der Waals surface area (Å²) in [5, 5.41) is 1.16. The first-order valence-corrected chi connectivity index (χ1v) is 12.8. The maximum Gasteiger partial charge on any atom is 0.276 e. The number of aromatic nitrogens is 1. The Bertz CT molecular complexity index is 1010. The highest BCUT2D eigenvalue weighted by molar-refractivity contribution is 5.97. The van der Waals surface area contributed by atoms with E-state index in [9.17, 15) is 14.4 Å². The molecule has 0 unspecified atom stereocenters. The standard InChI is InChI=1S/C26H37N5O5/c1-17(2)14-20-25(33)29(19-8-11-28(5)12-9-19)16-23-30(20)26(34)21(15-18(3)4)36-31(23)24(32)7-6-22-27-10-13-35-22/h6-7,10,13,16-21H,8-9,11-12,14-15H2,1-5H3/b7-6+/t20-,21+/m0/s1. The van der Waals surface area contributed by atoms with E-state index in [4.69, 9.17) is 9.25 Å². The molecule has 3 aliphatic rings. The molecule has 2 fully saturated rings. The van der Waals surface area contributed by atoms with Crippen LogP contribution in [0.4, 0.5) is 0 Å². The first-order chi connectivity index (χ1) is 17.2. The molecular formula is C26H37N5O5. The third-order valence-corrected chi connectivity index (χ3v) is 6.79. The zero-order chi connectivity index (χ0) is 26.0. The number of hydrogen-bond acceptors (Lipinski definition) is 7. The van der Waals surface area contributed by atoms with Gasteiger partial charge >= 0.3 is 0 Å². The molecule has 3 aliphatic heterocycles. The van der Waals surface area contributed by atoms with Gasteiger partial charge in [0.2, 0.25) is 11.8 Å². The molecule has 2 saturated heterocycles. The predicted molar refractivity (Wildman–Crippen MR) is 132 cm³/mol. The lowest BCUT2D eigenvalue weighted by Crippen LogP contribution is -2.64. The molecule has 196 valence electrons. The fraction of sp³-hybridized carbons (Fsp3) is 0.615. The quantitative estimate of drug-likeness (QED) is 0.532. The highest BCUT2D eigenvalue weighted by atomic mass is 16.7. The number of nitrogens with zero attached hydrogens (tertiary/aromatic N) is 5. The van der Waals surface area contributed by atoms with Gasteiger partial charge in [0, 0.05) is 18.2 Å². The summed E-state index contributed by atoms with van der Waals surface area (Å²) in [5.74, 6) is 0.0410. The summed E-state index contributed by atoms with van der Waals surface area (Å²) in [6, 6.07) is -0.692. The molecule has 1 aromatic heterocycles. The van der Waals surface area contributed by atoms with Gasteiger partial charge in [-0.15, -0.1) is 0 Å². The molecule has 2 atom stereocenters. The van der Waals surface area contributed by atoms with E-state index in [0.29, 0.717) is 12.8 Å². The van der Waals surface area contributed by atoms with E-state index in [1.165, 1.54) is 29.5 Å². The van der Waals surface area contributed by atoms with Crippen LogP contribution in [0.15, 0.2) is 35.0 Å². The van der Waals surface area contributed by atoms with Gasteiger partial charge in [-0.1, -0.05) is 27.7 Å². The molecule has 36 heavy (non-hydrogen) atoms. The van der Waals surface area contributed by atoms with E-state index in [0.717, 1.165) is 31.0 Å². The summed E-state index contributed by atoms with van der Waals surface area (Å²) in [5.41, 5.74) is 0. The van der Waals surface area contributed by atoms with Crippen LogP contribution in [0.5, 0.6) is 0 Å². The van der Waals surface area contributed by atoms with E-state index >= 15 is 0 Å². The summed E-state index contributed by atoms with van der Waals surface area (Å²) >= 11 is 0. The SMILES string of the molecule is CC(C)C[C@H]1ON(C(=O)/C=C/c2ncco2)C2=CN(C3CCN(C)CC3)C(=O)[C@H](CC(C)C)N2C1=O. The largest absolute Gasteiger partial charge is 0.445 e. The van der Waals surface area contributed by atoms with E-state index in [-0.39, 0.29) is 41.4 Å². The number of fused-ring (bicyclic) bond motifs is 1. The molecule has 0 aromatic carbocycles. The topological polar surface area (TPSA) is 99.4 Å². The smallest absolute Gasteiger partial charge is 0.276 e. The summed E-state index contributed by atoms with van der Waals surface area (Å²) < 4.78 is 5.20. The summed E-state index contributed by atoms with van der Waals surface area (Å²) in [6.07, 6.45) is 9.02. The maximum atomic E-state index is 13.8. The van der Waals surface area contributed by atoms with Gasteiger partial charge in [0.05, 0.1) is 12.4 Å². The van der Waals surface area contributed by atoms with Gasteiger partial charge in [0.15, 0.2) is 11.9 Å². The van der Waals surface area contributed by atoms with Crippen molar-refractivity contribution in [1.82, 2.24) is 24.7 Å². The van der Waals surface area contributed by atoms with Gasteiger partial charge in [-0.2, -0.15) is 5.06 Å². The lowest BCUT2D eigenvalue weighted by Gasteiger charge is -2.49. The number of carbonyl (C=O) groups is 3. The fourth-order valence-corrected chi connectivity index (χ4v) is 4.97. The van der Waals surface area contributed by atoms with Crippen LogP contribution in [0, 0.1) is 11.8 Å². The van der Waals surface area contributed by atoms with Crippen molar-refractivity contribution in [3.8, 4) is 0 Å². The Labute approximate surface area is 212 Å². The molecule has 3 amide bonds. The second kappa shape index (κ2) is 11.0. The van der Waals surface area contributed by atoms with Crippen molar-refractivity contribution in [2.24, 2.45) is 11.8 Å². The third kappa shape index (κ3) is 5.54. The highest BCUT2D eigenvalue weighted by Crippen LogP contribution is 2.35. The normalized spacial score (nSPS) is 24.3. The minimum atomic E-state index is -0.862. The van der Waals surface area contributed by atoms with Gasteiger partial charge in [-0.05, 0) is 57.7 Å². The third-order valence-electron chi connectivity index (χ3n) is 6.79. The van der Waals surface area contributed by atoms with E-state index in [1.807, 2.05) is 27.7 Å². The maximum absolute atomic E-state index is 13.8. The lowest BCUT2D eigenvalue weighted by atomic mass is 9.95. The fourth-order valence-electron chi connectivity index (χ4n) is 4.97. The average Bonchev–Trinajstić information content (AvgIpc) is 3.34. The number of amides is 3. The van der Waals surface area contributed by atoms with E-state index in [1.54, 1.807) is 11.1 Å². The van der Waals surface area contributed by atoms with Crippen LogP contribution in [0.2, 0.25) is 0 Å². The van der Waals surface area contributed by atoms with Crippen LogP contribution >= 0.6 is 0 Å². The summed E-state index contributed by atoms with van der Waals surface area (Å²) in [7, 11) is 2.07. The van der Waals surface area contributed by atoms with Gasteiger partial charge in [0.25, 0.3) is 11.8 Å². The van der Waals surface area contributed by atoms with Gasteiger partial charge < -0.3 is 14.2 Å². The first kappa shape index (κ1) is 26.1. The molecule has 0 aliphatic carbocycles. The minimum Gasteiger partial charge on any atom is -0.445 e. The molecule has 10 nitrogen and oxygen atoms in total. The van der Waals surface area contributed by atoms with Gasteiger partial charge in [0.1, 0.15) is 12.3 Å². The molecule has 4 rings (SSSR count). The minimum absolute atomic E-state index is 0.00122. The Morgan fingerprint density at radius 2 is 1.81 bits per heavy atom. The molecule has 0 radical (unpaired) electrons. The number of carbonyl (C=O) groups excluding carboxylic acids is 3. The van der Waals surface area contributed by atoms with Crippen molar-refractivity contribution in [3.63, 3.8) is 0 Å². The number of piperidine rings is 1. The molecule has 0 spiro atoms. The number of hydroxylamine groups is 2. The summed E-state index contributed by atoms with van der Waals surface area (Å²) in [4.78, 5) is 56.4. The molecule has 0 N–H and O–H groups in total. The second-order valence-electron chi connectivity index (χ2n) is 10.7. The predicted octanol–water partition coefficient (Wildman–Crippen LogP) is 2.85. The zero-order valence-corrected chi connectivity index (χ0v) is 21.8. The molecule has 0 bridgehead atoms. The number of rotatable bonds is 7. The number of likely N-dealkylation sites (tertiary alicyclic amines) is 1. The van der Waals surface area contributed by atoms with Gasteiger partial charge in [-0.3, -0.25) is 24.1 Å². The first-order valence-electron chi connectivity index (χ1n) is 12.8. The van der Waals surface area contributed by atoms with Crippen LogP contribution < -0.4 is 0 Å². The molecular weight excluding hydrogens is 462 g/mol. The Hall–Kier alpha value is -2.98. The average molecular weight is 500 g/mol. The van der Waals surface area contributed by atoms with Crippen molar-refractivity contribution in [3.05, 3.63) is 36.4 Å². The Morgan fingerprint density at radius 3 is 2.42 bits per heavy atom. The molecule has 10 heteroatoms. The van der Waals surface area contributed by atoms with Crippen molar-refractivity contribution in [2.45, 2.75) is 71.6 Å². The second-order valence-corrected chi connectivity index (χ2v) is 10.7. The van der Waals surface area contributed by atoms with Crippen LogP contribution in [0.25, 0.3) is 6.08 Å². The van der Waals surface area contributed by atoms with Crippen LogP contribution in [0.1, 0.15) is 59.3 Å². The lowest BCUT2D eigenvalue weighted by molar-refractivity contribution is -0.226. The van der Waals surface area contributed by atoms with E-state index < -0.39 is 18.1 Å². The zero-order valence-electron chi connectivity index (χ0n) is 21.8. The van der Waals surface area contributed by atoms with Crippen LogP contribution in [-0.4, -0.2) is 80.8 Å². The monoisotopic (exact) mass is 499 g/mol.